The Balaban J connectivity index is 1.22. The van der Waals surface area contributed by atoms with E-state index in [1.807, 2.05) is 11.3 Å². The average Bonchev–Trinajstić information content (AvgIpc) is 3.38. The summed E-state index contributed by atoms with van der Waals surface area (Å²) in [5.41, 5.74) is 11.1. The van der Waals surface area contributed by atoms with Crippen molar-refractivity contribution in [2.24, 2.45) is 11.8 Å². The van der Waals surface area contributed by atoms with Crippen LogP contribution in [0.4, 0.5) is 0 Å². The minimum Gasteiger partial charge on any atom is -0.135 e. The predicted octanol–water partition coefficient (Wildman–Crippen LogP) is 10.2. The lowest BCUT2D eigenvalue weighted by atomic mass is 9.61. The number of thiophene rings is 1. The zero-order valence-electron chi connectivity index (χ0n) is 21.3. The summed E-state index contributed by atoms with van der Waals surface area (Å²) in [4.78, 5) is 0. The van der Waals surface area contributed by atoms with Crippen LogP contribution in [0.1, 0.15) is 11.1 Å². The first kappa shape index (κ1) is 21.5. The summed E-state index contributed by atoms with van der Waals surface area (Å²) < 4.78 is 2.72. The Morgan fingerprint density at radius 1 is 0.564 bits per heavy atom. The molecule has 0 N–H and O–H groups in total. The van der Waals surface area contributed by atoms with Crippen LogP contribution >= 0.6 is 11.3 Å². The highest BCUT2D eigenvalue weighted by Gasteiger charge is 2.40. The van der Waals surface area contributed by atoms with E-state index in [9.17, 15) is 0 Å². The predicted molar refractivity (Wildman–Crippen MR) is 168 cm³/mol. The molecule has 1 heteroatoms. The molecule has 0 aliphatic heterocycles. The van der Waals surface area contributed by atoms with Crippen LogP contribution in [0.2, 0.25) is 0 Å². The fraction of sp³-hybridized carbons (Fsp3) is 0.0526. The Morgan fingerprint density at radius 3 is 2.33 bits per heavy atom. The van der Waals surface area contributed by atoms with Crippen molar-refractivity contribution >= 4 is 53.4 Å². The van der Waals surface area contributed by atoms with Gasteiger partial charge < -0.3 is 0 Å². The molecule has 5 aromatic rings. The average molecular weight is 513 g/mol. The summed E-state index contributed by atoms with van der Waals surface area (Å²) in [6.07, 6.45) is 18.9. The summed E-state index contributed by atoms with van der Waals surface area (Å²) in [5, 5.41) is 5.33. The zero-order chi connectivity index (χ0) is 25.5. The number of hydrogen-bond donors (Lipinski definition) is 0. The van der Waals surface area contributed by atoms with Crippen molar-refractivity contribution in [3.05, 3.63) is 167 Å². The van der Waals surface area contributed by atoms with Gasteiger partial charge in [0.15, 0.2) is 0 Å². The normalized spacial score (nSPS) is 21.1. The second-order valence-corrected chi connectivity index (χ2v) is 11.9. The number of allylic oxidation sites excluding steroid dienone is 14. The van der Waals surface area contributed by atoms with Crippen LogP contribution in [-0.2, 0) is 0 Å². The minimum absolute atomic E-state index is 0.338. The number of hydrogen-bond acceptors (Lipinski definition) is 1. The molecule has 182 valence electrons. The molecule has 39 heavy (non-hydrogen) atoms. The van der Waals surface area contributed by atoms with Crippen LogP contribution in [0, 0.1) is 11.8 Å². The molecule has 0 saturated heterocycles. The van der Waals surface area contributed by atoms with E-state index < -0.39 is 0 Å². The molecule has 0 bridgehead atoms. The molecule has 2 atom stereocenters. The first-order valence-electron chi connectivity index (χ1n) is 13.7. The van der Waals surface area contributed by atoms with Crippen molar-refractivity contribution in [2.75, 3.05) is 0 Å². The smallest absolute Gasteiger partial charge is 0.0361 e. The van der Waals surface area contributed by atoms with Crippen molar-refractivity contribution in [3.63, 3.8) is 0 Å². The summed E-state index contributed by atoms with van der Waals surface area (Å²) in [6, 6.07) is 31.2. The van der Waals surface area contributed by atoms with Crippen LogP contribution in [0.25, 0.3) is 42.1 Å². The van der Waals surface area contributed by atoms with Crippen molar-refractivity contribution in [1.82, 2.24) is 0 Å². The zero-order valence-corrected chi connectivity index (χ0v) is 22.1. The van der Waals surface area contributed by atoms with Gasteiger partial charge in [-0.1, -0.05) is 115 Å². The molecule has 4 aromatic carbocycles. The van der Waals surface area contributed by atoms with Gasteiger partial charge in [-0.05, 0) is 73.5 Å². The number of benzene rings is 4. The molecule has 2 unspecified atom stereocenters. The van der Waals surface area contributed by atoms with Gasteiger partial charge in [0.1, 0.15) is 0 Å². The molecule has 0 fully saturated rings. The topological polar surface area (TPSA) is 0 Å². The van der Waals surface area contributed by atoms with Crippen LogP contribution in [-0.4, -0.2) is 0 Å². The maximum Gasteiger partial charge on any atom is 0.0361 e. The van der Waals surface area contributed by atoms with Gasteiger partial charge in [0.05, 0.1) is 0 Å². The fourth-order valence-electron chi connectivity index (χ4n) is 7.14. The lowest BCUT2D eigenvalue weighted by Crippen LogP contribution is -2.30. The van der Waals surface area contributed by atoms with Crippen LogP contribution in [0.5, 0.6) is 0 Å². The van der Waals surface area contributed by atoms with E-state index >= 15 is 0 Å². The van der Waals surface area contributed by atoms with Gasteiger partial charge in [0, 0.05) is 32.0 Å². The lowest BCUT2D eigenvalue weighted by molar-refractivity contribution is 0.569. The van der Waals surface area contributed by atoms with Gasteiger partial charge >= 0.3 is 0 Å². The molecule has 0 amide bonds. The molecule has 1 aromatic heterocycles. The number of fused-ring (bicyclic) bond motifs is 4. The molecular weight excluding hydrogens is 488 g/mol. The monoisotopic (exact) mass is 512 g/mol. The second kappa shape index (κ2) is 8.02. The highest BCUT2D eigenvalue weighted by Crippen LogP contribution is 2.54. The van der Waals surface area contributed by atoms with Gasteiger partial charge in [-0.3, -0.25) is 0 Å². The Labute approximate surface area is 231 Å². The fourth-order valence-corrected chi connectivity index (χ4v) is 8.27. The SMILES string of the molecule is C1=CC2=C(c3ccc4ccccc4c3)C=CC3=CC=C4C(c5cccc6sc7ccccc7c56)=CC=C1C4C32. The minimum atomic E-state index is 0.338. The van der Waals surface area contributed by atoms with Crippen LogP contribution in [0.3, 0.4) is 0 Å². The van der Waals surface area contributed by atoms with Gasteiger partial charge in [-0.2, -0.15) is 0 Å². The maximum atomic E-state index is 2.39. The van der Waals surface area contributed by atoms with Crippen molar-refractivity contribution in [2.45, 2.75) is 0 Å². The third-order valence-electron chi connectivity index (χ3n) is 8.89. The van der Waals surface area contributed by atoms with E-state index in [0.29, 0.717) is 11.8 Å². The quantitative estimate of drug-likeness (QED) is 0.221. The largest absolute Gasteiger partial charge is 0.135 e. The molecule has 0 radical (unpaired) electrons. The Hall–Kier alpha value is -4.46. The van der Waals surface area contributed by atoms with Gasteiger partial charge in [0.2, 0.25) is 0 Å². The summed E-state index contributed by atoms with van der Waals surface area (Å²) in [5.74, 6) is 0.681. The highest BCUT2D eigenvalue weighted by atomic mass is 32.1. The Kier molecular flexibility index (Phi) is 4.42. The molecule has 9 rings (SSSR count). The van der Waals surface area contributed by atoms with Crippen LogP contribution < -0.4 is 0 Å². The van der Waals surface area contributed by atoms with Crippen molar-refractivity contribution in [1.29, 1.82) is 0 Å². The molecule has 0 saturated carbocycles. The summed E-state index contributed by atoms with van der Waals surface area (Å²) in [6.45, 7) is 0. The molecule has 4 aliphatic rings. The third-order valence-corrected chi connectivity index (χ3v) is 10.0. The third kappa shape index (κ3) is 3.05. The van der Waals surface area contributed by atoms with Crippen LogP contribution in [0.15, 0.2) is 156 Å². The molecule has 0 spiro atoms. The first-order chi connectivity index (χ1) is 19.3. The van der Waals surface area contributed by atoms with E-state index in [4.69, 9.17) is 0 Å². The van der Waals surface area contributed by atoms with Gasteiger partial charge in [0.25, 0.3) is 0 Å². The highest BCUT2D eigenvalue weighted by molar-refractivity contribution is 7.25. The molecule has 1 heterocycles. The first-order valence-corrected chi connectivity index (χ1v) is 14.5. The molecule has 0 nitrogen and oxygen atoms in total. The second-order valence-electron chi connectivity index (χ2n) is 10.9. The van der Waals surface area contributed by atoms with E-state index in [2.05, 4.69) is 134 Å². The Bertz CT molecular complexity index is 2110. The van der Waals surface area contributed by atoms with Gasteiger partial charge in [-0.15, -0.1) is 11.3 Å². The summed E-state index contributed by atoms with van der Waals surface area (Å²) >= 11 is 1.90. The number of rotatable bonds is 2. The van der Waals surface area contributed by atoms with E-state index in [-0.39, 0.29) is 0 Å². The maximum absolute atomic E-state index is 2.39. The Morgan fingerprint density at radius 2 is 1.36 bits per heavy atom. The summed E-state index contributed by atoms with van der Waals surface area (Å²) in [7, 11) is 0. The lowest BCUT2D eigenvalue weighted by Gasteiger charge is -2.42. The van der Waals surface area contributed by atoms with Crippen molar-refractivity contribution in [3.8, 4) is 0 Å². The van der Waals surface area contributed by atoms with E-state index in [1.54, 1.807) is 0 Å². The molecular formula is C38H24S. The van der Waals surface area contributed by atoms with E-state index in [1.165, 1.54) is 75.5 Å². The van der Waals surface area contributed by atoms with Crippen molar-refractivity contribution < 1.29 is 0 Å². The van der Waals surface area contributed by atoms with E-state index in [0.717, 1.165) is 0 Å². The standard InChI is InChI=1S/C38H24S/c1-2-7-26-22-27(13-12-23(26)6-1)28-18-14-24-17-21-32-29(19-15-25-16-20-31(28)36(24)37(25)32)30-9-5-11-35-38(30)33-8-3-4-10-34(33)39-35/h1-22,36-37H. The van der Waals surface area contributed by atoms with Gasteiger partial charge in [-0.25, -0.2) is 0 Å². The molecule has 4 aliphatic carbocycles.